The van der Waals surface area contributed by atoms with E-state index in [1.54, 1.807) is 6.92 Å². The monoisotopic (exact) mass is 268 g/mol. The van der Waals surface area contributed by atoms with Gasteiger partial charge in [0.1, 0.15) is 5.82 Å². The molecule has 0 spiro atoms. The van der Waals surface area contributed by atoms with Gasteiger partial charge in [0.15, 0.2) is 0 Å². The fraction of sp³-hybridized carbons (Fsp3) is 0.571. The molecule has 1 aromatic rings. The Morgan fingerprint density at radius 2 is 2.06 bits per heavy atom. The van der Waals surface area contributed by atoms with Crippen LogP contribution in [0, 0.1) is 12.7 Å². The molecule has 0 bridgehead atoms. The van der Waals surface area contributed by atoms with E-state index in [4.69, 9.17) is 5.73 Å². The van der Waals surface area contributed by atoms with Crippen molar-refractivity contribution in [3.63, 3.8) is 0 Å². The van der Waals surface area contributed by atoms with Crippen molar-refractivity contribution < 1.29 is 4.39 Å². The minimum absolute atomic E-state index is 0.222. The van der Waals surface area contributed by atoms with Crippen LogP contribution in [0.5, 0.6) is 0 Å². The van der Waals surface area contributed by atoms with Crippen LogP contribution in [-0.2, 0) is 0 Å². The van der Waals surface area contributed by atoms with Crippen molar-refractivity contribution in [1.29, 1.82) is 0 Å². The van der Waals surface area contributed by atoms with E-state index in [9.17, 15) is 4.39 Å². The summed E-state index contributed by atoms with van der Waals surface area (Å²) in [7, 11) is 0. The molecule has 4 heteroatoms. The second-order valence-corrected chi connectivity index (χ2v) is 7.31. The average molecular weight is 268 g/mol. The van der Waals surface area contributed by atoms with Gasteiger partial charge in [0.2, 0.25) is 0 Å². The van der Waals surface area contributed by atoms with Gasteiger partial charge in [-0.05, 0) is 31.0 Å². The highest BCUT2D eigenvalue weighted by Crippen LogP contribution is 2.34. The third kappa shape index (κ3) is 2.91. The maximum Gasteiger partial charge on any atom is 0.128 e. The molecule has 0 aliphatic carbocycles. The van der Waals surface area contributed by atoms with Gasteiger partial charge in [-0.3, -0.25) is 0 Å². The Labute approximate surface area is 113 Å². The van der Waals surface area contributed by atoms with Crippen LogP contribution in [0.25, 0.3) is 0 Å². The summed E-state index contributed by atoms with van der Waals surface area (Å²) < 4.78 is 13.7. The Hall–Kier alpha value is -0.900. The van der Waals surface area contributed by atoms with Crippen molar-refractivity contribution in [2.75, 3.05) is 29.5 Å². The fourth-order valence-electron chi connectivity index (χ4n) is 2.22. The third-order valence-corrected chi connectivity index (χ3v) is 4.86. The van der Waals surface area contributed by atoms with Crippen molar-refractivity contribution >= 4 is 23.1 Å². The number of hydrogen-bond acceptors (Lipinski definition) is 3. The van der Waals surface area contributed by atoms with E-state index in [1.165, 1.54) is 6.07 Å². The molecular weight excluding hydrogens is 247 g/mol. The van der Waals surface area contributed by atoms with E-state index in [0.29, 0.717) is 16.0 Å². The summed E-state index contributed by atoms with van der Waals surface area (Å²) in [5, 5.41) is 0. The quantitative estimate of drug-likeness (QED) is 0.791. The van der Waals surface area contributed by atoms with Crippen LogP contribution in [0.2, 0.25) is 0 Å². The van der Waals surface area contributed by atoms with E-state index < -0.39 is 0 Å². The molecule has 18 heavy (non-hydrogen) atoms. The third-order valence-electron chi connectivity index (χ3n) is 3.49. The molecule has 2 nitrogen and oxygen atoms in total. The maximum absolute atomic E-state index is 13.4. The molecule has 0 unspecified atom stereocenters. The minimum atomic E-state index is -0.222. The van der Waals surface area contributed by atoms with E-state index in [2.05, 4.69) is 18.7 Å². The molecule has 1 heterocycles. The Kier molecular flexibility index (Phi) is 3.76. The fourth-order valence-corrected chi connectivity index (χ4v) is 3.32. The summed E-state index contributed by atoms with van der Waals surface area (Å²) in [6.07, 6.45) is 1.12. The van der Waals surface area contributed by atoms with Crippen LogP contribution < -0.4 is 10.6 Å². The largest absolute Gasteiger partial charge is 0.397 e. The highest BCUT2D eigenvalue weighted by Gasteiger charge is 2.24. The molecule has 1 aromatic carbocycles. The van der Waals surface area contributed by atoms with Gasteiger partial charge in [0.25, 0.3) is 0 Å². The van der Waals surface area contributed by atoms with Gasteiger partial charge in [0, 0.05) is 23.6 Å². The maximum atomic E-state index is 13.4. The van der Waals surface area contributed by atoms with Gasteiger partial charge in [-0.15, -0.1) is 0 Å². The second-order valence-electron chi connectivity index (χ2n) is 5.51. The highest BCUT2D eigenvalue weighted by atomic mass is 32.2. The van der Waals surface area contributed by atoms with Gasteiger partial charge in [-0.2, -0.15) is 11.8 Å². The summed E-state index contributed by atoms with van der Waals surface area (Å²) in [6.45, 7) is 8.30. The van der Waals surface area contributed by atoms with Crippen LogP contribution in [-0.4, -0.2) is 23.6 Å². The number of benzene rings is 1. The standard InChI is InChI=1S/C14H21FN2S/c1-10-8-13(12(16)9-11(10)15)17-5-4-14(2,3)18-7-6-17/h8-9H,4-7,16H2,1-3H3. The van der Waals surface area contributed by atoms with E-state index in [-0.39, 0.29) is 5.82 Å². The summed E-state index contributed by atoms with van der Waals surface area (Å²) in [5.74, 6) is 0.865. The lowest BCUT2D eigenvalue weighted by Crippen LogP contribution is -2.27. The molecule has 1 fully saturated rings. The Morgan fingerprint density at radius 1 is 1.33 bits per heavy atom. The molecule has 1 aliphatic rings. The number of rotatable bonds is 1. The normalized spacial score (nSPS) is 19.7. The summed E-state index contributed by atoms with van der Waals surface area (Å²) in [5.41, 5.74) is 8.14. The van der Waals surface area contributed by atoms with Gasteiger partial charge in [-0.1, -0.05) is 13.8 Å². The Bertz CT molecular complexity index is 446. The molecule has 0 aromatic heterocycles. The van der Waals surface area contributed by atoms with Crippen molar-refractivity contribution in [3.8, 4) is 0 Å². The molecule has 1 aliphatic heterocycles. The lowest BCUT2D eigenvalue weighted by atomic mass is 10.1. The number of aryl methyl sites for hydroxylation is 1. The number of halogens is 1. The van der Waals surface area contributed by atoms with Crippen LogP contribution >= 0.6 is 11.8 Å². The molecule has 0 atom stereocenters. The predicted octanol–water partition coefficient (Wildman–Crippen LogP) is 3.44. The lowest BCUT2D eigenvalue weighted by molar-refractivity contribution is 0.617. The molecule has 2 N–H and O–H groups in total. The predicted molar refractivity (Wildman–Crippen MR) is 78.9 cm³/mol. The number of nitrogens with two attached hydrogens (primary N) is 1. The molecule has 100 valence electrons. The van der Waals surface area contributed by atoms with E-state index in [0.717, 1.165) is 31.0 Å². The first kappa shape index (κ1) is 13.5. The van der Waals surface area contributed by atoms with E-state index >= 15 is 0 Å². The number of thioether (sulfide) groups is 1. The zero-order chi connectivity index (χ0) is 13.3. The van der Waals surface area contributed by atoms with Gasteiger partial charge in [0.05, 0.1) is 11.4 Å². The molecule has 1 saturated heterocycles. The van der Waals surface area contributed by atoms with Gasteiger partial charge in [-0.25, -0.2) is 4.39 Å². The van der Waals surface area contributed by atoms with Crippen molar-refractivity contribution in [3.05, 3.63) is 23.5 Å². The smallest absolute Gasteiger partial charge is 0.128 e. The van der Waals surface area contributed by atoms with E-state index in [1.807, 2.05) is 17.8 Å². The summed E-state index contributed by atoms with van der Waals surface area (Å²) in [6, 6.07) is 3.31. The number of nitrogen functional groups attached to an aromatic ring is 1. The average Bonchev–Trinajstić information content (AvgIpc) is 2.45. The molecule has 0 saturated carbocycles. The molecule has 2 rings (SSSR count). The molecular formula is C14H21FN2S. The number of nitrogens with zero attached hydrogens (tertiary/aromatic N) is 1. The first-order valence-electron chi connectivity index (χ1n) is 6.33. The van der Waals surface area contributed by atoms with Crippen molar-refractivity contribution in [2.24, 2.45) is 0 Å². The van der Waals surface area contributed by atoms with Gasteiger partial charge < -0.3 is 10.6 Å². The number of hydrogen-bond donors (Lipinski definition) is 1. The highest BCUT2D eigenvalue weighted by molar-refractivity contribution is 8.00. The first-order chi connectivity index (χ1) is 8.39. The van der Waals surface area contributed by atoms with Crippen LogP contribution in [0.15, 0.2) is 12.1 Å². The van der Waals surface area contributed by atoms with Crippen molar-refractivity contribution in [1.82, 2.24) is 0 Å². The first-order valence-corrected chi connectivity index (χ1v) is 7.32. The molecule has 0 amide bonds. The molecule has 0 radical (unpaired) electrons. The van der Waals surface area contributed by atoms with Crippen LogP contribution in [0.4, 0.5) is 15.8 Å². The van der Waals surface area contributed by atoms with Crippen molar-refractivity contribution in [2.45, 2.75) is 31.9 Å². The zero-order valence-electron chi connectivity index (χ0n) is 11.3. The SMILES string of the molecule is Cc1cc(N2CCSC(C)(C)CC2)c(N)cc1F. The summed E-state index contributed by atoms with van der Waals surface area (Å²) >= 11 is 2.00. The van der Waals surface area contributed by atoms with Crippen LogP contribution in [0.1, 0.15) is 25.8 Å². The Morgan fingerprint density at radius 3 is 2.78 bits per heavy atom. The van der Waals surface area contributed by atoms with Crippen LogP contribution in [0.3, 0.4) is 0 Å². The summed E-state index contributed by atoms with van der Waals surface area (Å²) in [4.78, 5) is 2.28. The topological polar surface area (TPSA) is 29.3 Å². The number of anilines is 2. The lowest BCUT2D eigenvalue weighted by Gasteiger charge is -2.26. The minimum Gasteiger partial charge on any atom is -0.397 e. The second kappa shape index (κ2) is 5.00. The zero-order valence-corrected chi connectivity index (χ0v) is 12.1. The van der Waals surface area contributed by atoms with Gasteiger partial charge >= 0.3 is 0 Å². The Balaban J connectivity index is 2.24.